The highest BCUT2D eigenvalue weighted by molar-refractivity contribution is 5.73. The largest absolute Gasteiger partial charge is 0.383 e. The molecule has 0 fully saturated rings. The standard InChI is InChI=1S/C31H46N4/c1-8-12-24(13-9-2)16-17-30-29(27-21-32-35(7)23-27)18-19-31(4,33-30)28-15-11-14-26(20-28)25(10-3)22-34(5)6/h10-11,14-15,18-20,22-24,32-33H,3,8-9,12-13,16-17,21H2,1-2,4-7H3/b25-22+. The fraction of sp³-hybridized carbons (Fsp3) is 0.484. The highest BCUT2D eigenvalue weighted by Gasteiger charge is 2.30. The van der Waals surface area contributed by atoms with Crippen molar-refractivity contribution in [3.05, 3.63) is 89.4 Å². The highest BCUT2D eigenvalue weighted by atomic mass is 15.5. The molecule has 4 heteroatoms. The molecule has 1 atom stereocenters. The number of hydrogen-bond acceptors (Lipinski definition) is 4. The van der Waals surface area contributed by atoms with Crippen molar-refractivity contribution in [1.82, 2.24) is 20.7 Å². The Morgan fingerprint density at radius 3 is 2.54 bits per heavy atom. The zero-order valence-electron chi connectivity index (χ0n) is 22.8. The van der Waals surface area contributed by atoms with E-state index in [1.165, 1.54) is 60.1 Å². The van der Waals surface area contributed by atoms with Crippen molar-refractivity contribution in [2.75, 3.05) is 27.7 Å². The number of rotatable bonds is 12. The van der Waals surface area contributed by atoms with Crippen LogP contribution >= 0.6 is 0 Å². The van der Waals surface area contributed by atoms with E-state index in [9.17, 15) is 0 Å². The maximum atomic E-state index is 4.04. The van der Waals surface area contributed by atoms with Crippen LogP contribution in [-0.4, -0.2) is 37.6 Å². The van der Waals surface area contributed by atoms with Crippen molar-refractivity contribution in [2.45, 2.75) is 64.8 Å². The van der Waals surface area contributed by atoms with Gasteiger partial charge in [-0.25, -0.2) is 5.43 Å². The van der Waals surface area contributed by atoms with E-state index in [2.05, 4.69) is 104 Å². The number of hydrogen-bond donors (Lipinski definition) is 2. The van der Waals surface area contributed by atoms with E-state index in [-0.39, 0.29) is 5.54 Å². The van der Waals surface area contributed by atoms with Crippen molar-refractivity contribution in [3.8, 4) is 0 Å². The number of allylic oxidation sites excluding steroid dienone is 4. The zero-order chi connectivity index (χ0) is 25.4. The molecule has 1 aromatic carbocycles. The Morgan fingerprint density at radius 2 is 1.94 bits per heavy atom. The third-order valence-electron chi connectivity index (χ3n) is 7.14. The lowest BCUT2D eigenvalue weighted by Gasteiger charge is -2.36. The van der Waals surface area contributed by atoms with Crippen molar-refractivity contribution >= 4 is 5.57 Å². The molecule has 0 amide bonds. The van der Waals surface area contributed by atoms with Gasteiger partial charge >= 0.3 is 0 Å². The van der Waals surface area contributed by atoms with Crippen molar-refractivity contribution in [2.24, 2.45) is 5.92 Å². The Labute approximate surface area is 214 Å². The van der Waals surface area contributed by atoms with E-state index in [4.69, 9.17) is 0 Å². The van der Waals surface area contributed by atoms with E-state index < -0.39 is 0 Å². The van der Waals surface area contributed by atoms with Gasteiger partial charge < -0.3 is 15.2 Å². The van der Waals surface area contributed by atoms with E-state index in [1.807, 2.05) is 20.2 Å². The van der Waals surface area contributed by atoms with Gasteiger partial charge in [-0.2, -0.15) is 0 Å². The average molecular weight is 475 g/mol. The molecule has 1 aromatic rings. The van der Waals surface area contributed by atoms with Crippen molar-refractivity contribution in [1.29, 1.82) is 0 Å². The second-order valence-corrected chi connectivity index (χ2v) is 10.5. The van der Waals surface area contributed by atoms with Crippen LogP contribution in [0.25, 0.3) is 5.57 Å². The quantitative estimate of drug-likeness (QED) is 0.329. The molecule has 2 aliphatic heterocycles. The maximum absolute atomic E-state index is 4.04. The molecule has 0 saturated carbocycles. The Morgan fingerprint density at radius 1 is 1.20 bits per heavy atom. The van der Waals surface area contributed by atoms with Gasteiger partial charge in [0.05, 0.1) is 5.54 Å². The van der Waals surface area contributed by atoms with Gasteiger partial charge in [0, 0.05) is 45.8 Å². The van der Waals surface area contributed by atoms with Crippen molar-refractivity contribution < 1.29 is 0 Å². The summed E-state index contributed by atoms with van der Waals surface area (Å²) in [5.41, 5.74) is 10.8. The Hall–Kier alpha value is -2.72. The maximum Gasteiger partial charge on any atom is 0.0782 e. The van der Waals surface area contributed by atoms with Crippen LogP contribution < -0.4 is 10.7 Å². The summed E-state index contributed by atoms with van der Waals surface area (Å²) in [6.07, 6.45) is 18.5. The molecule has 0 aromatic heterocycles. The normalized spacial score (nSPS) is 20.4. The lowest BCUT2D eigenvalue weighted by molar-refractivity contribution is 0.373. The summed E-state index contributed by atoms with van der Waals surface area (Å²) < 4.78 is 0. The van der Waals surface area contributed by atoms with E-state index in [1.54, 1.807) is 0 Å². The third kappa shape index (κ3) is 6.91. The van der Waals surface area contributed by atoms with Crippen molar-refractivity contribution in [3.63, 3.8) is 0 Å². The molecule has 3 rings (SSSR count). The topological polar surface area (TPSA) is 30.5 Å². The molecule has 0 spiro atoms. The van der Waals surface area contributed by atoms with Crippen LogP contribution in [0.15, 0.2) is 78.3 Å². The summed E-state index contributed by atoms with van der Waals surface area (Å²) in [5, 5.41) is 6.07. The van der Waals surface area contributed by atoms with Gasteiger partial charge in [0.15, 0.2) is 0 Å². The number of dihydropyridines is 1. The van der Waals surface area contributed by atoms with Crippen LogP contribution in [0.5, 0.6) is 0 Å². The van der Waals surface area contributed by atoms with Gasteiger partial charge in [-0.1, -0.05) is 82.5 Å². The third-order valence-corrected chi connectivity index (χ3v) is 7.14. The average Bonchev–Trinajstić information content (AvgIpc) is 3.27. The Balaban J connectivity index is 1.93. The summed E-state index contributed by atoms with van der Waals surface area (Å²) >= 11 is 0. The molecule has 35 heavy (non-hydrogen) atoms. The minimum atomic E-state index is -0.261. The second kappa shape index (κ2) is 12.3. The number of hydrazine groups is 1. The van der Waals surface area contributed by atoms with Gasteiger partial charge in [0.1, 0.15) is 0 Å². The minimum absolute atomic E-state index is 0.261. The lowest BCUT2D eigenvalue weighted by atomic mass is 9.83. The van der Waals surface area contributed by atoms with Gasteiger partial charge in [-0.05, 0) is 59.6 Å². The molecule has 190 valence electrons. The minimum Gasteiger partial charge on any atom is -0.383 e. The van der Waals surface area contributed by atoms with Crippen LogP contribution in [0, 0.1) is 5.92 Å². The molecule has 0 saturated heterocycles. The summed E-state index contributed by atoms with van der Waals surface area (Å²) in [7, 11) is 6.17. The van der Waals surface area contributed by atoms with E-state index >= 15 is 0 Å². The molecule has 0 bridgehead atoms. The zero-order valence-corrected chi connectivity index (χ0v) is 22.8. The summed E-state index contributed by atoms with van der Waals surface area (Å²) in [4.78, 5) is 2.07. The van der Waals surface area contributed by atoms with Crippen LogP contribution in [0.3, 0.4) is 0 Å². The predicted molar refractivity (Wildman–Crippen MR) is 151 cm³/mol. The first-order valence-corrected chi connectivity index (χ1v) is 13.3. The molecule has 4 nitrogen and oxygen atoms in total. The second-order valence-electron chi connectivity index (χ2n) is 10.5. The predicted octanol–water partition coefficient (Wildman–Crippen LogP) is 6.73. The Kier molecular flexibility index (Phi) is 9.45. The van der Waals surface area contributed by atoms with Gasteiger partial charge in [0.25, 0.3) is 0 Å². The lowest BCUT2D eigenvalue weighted by Crippen LogP contribution is -2.40. The number of nitrogens with zero attached hydrogens (tertiary/aromatic N) is 2. The molecular formula is C31H46N4. The van der Waals surface area contributed by atoms with E-state index in [0.717, 1.165) is 24.5 Å². The fourth-order valence-electron chi connectivity index (χ4n) is 5.28. The smallest absolute Gasteiger partial charge is 0.0782 e. The highest BCUT2D eigenvalue weighted by Crippen LogP contribution is 2.35. The SMILES string of the molecule is C=C/C(=C\N(C)C)c1cccc(C2(C)C=CC(C3=CN(C)NC3)=C(CCC(CCC)CCC)N2)c1. The molecular weight excluding hydrogens is 428 g/mol. The molecule has 2 N–H and O–H groups in total. The van der Waals surface area contributed by atoms with Crippen LogP contribution in [0.1, 0.15) is 70.4 Å². The molecule has 2 aliphatic rings. The number of nitrogens with one attached hydrogen (secondary N) is 2. The number of benzene rings is 1. The monoisotopic (exact) mass is 474 g/mol. The molecule has 1 unspecified atom stereocenters. The first kappa shape index (κ1) is 26.9. The summed E-state index contributed by atoms with van der Waals surface area (Å²) in [6, 6.07) is 8.87. The van der Waals surface area contributed by atoms with Gasteiger partial charge in [0.2, 0.25) is 0 Å². The first-order chi connectivity index (χ1) is 16.8. The molecule has 0 radical (unpaired) electrons. The first-order valence-electron chi connectivity index (χ1n) is 13.3. The van der Waals surface area contributed by atoms with E-state index in [0.29, 0.717) is 0 Å². The van der Waals surface area contributed by atoms with Crippen LogP contribution in [0.4, 0.5) is 0 Å². The van der Waals surface area contributed by atoms with Gasteiger partial charge in [-0.3, -0.25) is 0 Å². The van der Waals surface area contributed by atoms with Crippen LogP contribution in [-0.2, 0) is 5.54 Å². The fourth-order valence-corrected chi connectivity index (χ4v) is 5.28. The van der Waals surface area contributed by atoms with Gasteiger partial charge in [-0.15, -0.1) is 0 Å². The molecule has 2 heterocycles. The summed E-state index contributed by atoms with van der Waals surface area (Å²) in [6.45, 7) is 11.8. The van der Waals surface area contributed by atoms with Crippen LogP contribution in [0.2, 0.25) is 0 Å². The molecule has 0 aliphatic carbocycles. The Bertz CT molecular complexity index is 991. The summed E-state index contributed by atoms with van der Waals surface area (Å²) in [5.74, 6) is 0.797.